The van der Waals surface area contributed by atoms with E-state index >= 15 is 0 Å². The van der Waals surface area contributed by atoms with Gasteiger partial charge in [-0.05, 0) is 31.2 Å². The van der Waals surface area contributed by atoms with Crippen molar-refractivity contribution >= 4 is 11.7 Å². The van der Waals surface area contributed by atoms with Gasteiger partial charge in [0.2, 0.25) is 0 Å². The summed E-state index contributed by atoms with van der Waals surface area (Å²) in [6.45, 7) is 1.87. The van der Waals surface area contributed by atoms with Crippen molar-refractivity contribution in [1.82, 2.24) is 19.6 Å². The van der Waals surface area contributed by atoms with Gasteiger partial charge < -0.3 is 9.73 Å². The molecule has 0 aliphatic heterocycles. The lowest BCUT2D eigenvalue weighted by Gasteiger charge is -2.08. The third-order valence-electron chi connectivity index (χ3n) is 3.96. The Balaban J connectivity index is 1.76. The van der Waals surface area contributed by atoms with E-state index in [0.29, 0.717) is 23.0 Å². The van der Waals surface area contributed by atoms with Crippen molar-refractivity contribution in [3.05, 3.63) is 72.2 Å². The molecule has 0 atom stereocenters. The van der Waals surface area contributed by atoms with Crippen LogP contribution in [0.1, 0.15) is 16.2 Å². The molecule has 1 amide bonds. The fourth-order valence-electron chi connectivity index (χ4n) is 2.76. The second kappa shape index (κ2) is 6.36. The number of aromatic nitrogens is 4. The summed E-state index contributed by atoms with van der Waals surface area (Å²) in [5, 5.41) is 11.7. The summed E-state index contributed by atoms with van der Waals surface area (Å²) < 4.78 is 8.66. The number of benzene rings is 1. The fraction of sp³-hybridized carbons (Fsp3) is 0.105. The van der Waals surface area contributed by atoms with Gasteiger partial charge in [-0.3, -0.25) is 9.48 Å². The summed E-state index contributed by atoms with van der Waals surface area (Å²) >= 11 is 0. The van der Waals surface area contributed by atoms with Crippen LogP contribution in [0.25, 0.3) is 17.1 Å². The molecule has 0 saturated heterocycles. The van der Waals surface area contributed by atoms with Crippen LogP contribution in [0.5, 0.6) is 0 Å². The number of carbonyl (C=O) groups is 1. The van der Waals surface area contributed by atoms with E-state index in [1.807, 2.05) is 49.4 Å². The lowest BCUT2D eigenvalue weighted by atomic mass is 10.2. The van der Waals surface area contributed by atoms with Gasteiger partial charge in [0.05, 0.1) is 17.6 Å². The highest BCUT2D eigenvalue weighted by atomic mass is 16.3. The maximum Gasteiger partial charge on any atom is 0.275 e. The maximum absolute atomic E-state index is 12.9. The third kappa shape index (κ3) is 2.90. The van der Waals surface area contributed by atoms with E-state index in [-0.39, 0.29) is 5.91 Å². The van der Waals surface area contributed by atoms with Gasteiger partial charge in [0.25, 0.3) is 5.91 Å². The van der Waals surface area contributed by atoms with Gasteiger partial charge in [0, 0.05) is 19.2 Å². The van der Waals surface area contributed by atoms with Gasteiger partial charge in [-0.2, -0.15) is 10.2 Å². The molecule has 4 aromatic rings. The van der Waals surface area contributed by atoms with Crippen molar-refractivity contribution in [3.63, 3.8) is 0 Å². The number of furan rings is 1. The second-order valence-corrected chi connectivity index (χ2v) is 5.89. The van der Waals surface area contributed by atoms with Crippen molar-refractivity contribution < 1.29 is 9.21 Å². The molecule has 0 aliphatic carbocycles. The Bertz CT molecular complexity index is 1050. The Morgan fingerprint density at radius 3 is 2.54 bits per heavy atom. The van der Waals surface area contributed by atoms with Crippen molar-refractivity contribution in [2.45, 2.75) is 6.92 Å². The summed E-state index contributed by atoms with van der Waals surface area (Å²) in [6, 6.07) is 16.6. The molecular weight excluding hydrogens is 330 g/mol. The third-order valence-corrected chi connectivity index (χ3v) is 3.96. The van der Waals surface area contributed by atoms with Crippen molar-refractivity contribution in [3.8, 4) is 17.1 Å². The SMILES string of the molecule is Cc1cc(NC(=O)c2cc(-c3ccco3)nn2-c2ccccc2)n(C)n1. The molecule has 130 valence electrons. The minimum Gasteiger partial charge on any atom is -0.463 e. The first kappa shape index (κ1) is 15.9. The van der Waals surface area contributed by atoms with E-state index in [4.69, 9.17) is 4.42 Å². The minimum atomic E-state index is -0.276. The predicted octanol–water partition coefficient (Wildman–Crippen LogP) is 3.43. The van der Waals surface area contributed by atoms with Crippen LogP contribution in [-0.2, 0) is 7.05 Å². The first-order valence-corrected chi connectivity index (χ1v) is 8.13. The molecule has 0 saturated carbocycles. The smallest absolute Gasteiger partial charge is 0.275 e. The lowest BCUT2D eigenvalue weighted by molar-refractivity contribution is 0.101. The summed E-state index contributed by atoms with van der Waals surface area (Å²) in [6.07, 6.45) is 1.58. The van der Waals surface area contributed by atoms with Crippen molar-refractivity contribution in [2.24, 2.45) is 7.05 Å². The van der Waals surface area contributed by atoms with Gasteiger partial charge in [-0.25, -0.2) is 4.68 Å². The van der Waals surface area contributed by atoms with Gasteiger partial charge >= 0.3 is 0 Å². The average Bonchev–Trinajstić information content (AvgIpc) is 3.36. The lowest BCUT2D eigenvalue weighted by Crippen LogP contribution is -2.18. The quantitative estimate of drug-likeness (QED) is 0.613. The number of nitrogens with one attached hydrogen (secondary N) is 1. The summed E-state index contributed by atoms with van der Waals surface area (Å²) in [7, 11) is 1.78. The Labute approximate surface area is 149 Å². The average molecular weight is 347 g/mol. The zero-order valence-corrected chi connectivity index (χ0v) is 14.4. The zero-order chi connectivity index (χ0) is 18.1. The van der Waals surface area contributed by atoms with E-state index in [1.165, 1.54) is 0 Å². The van der Waals surface area contributed by atoms with Crippen LogP contribution in [0.4, 0.5) is 5.82 Å². The monoisotopic (exact) mass is 347 g/mol. The first-order chi connectivity index (χ1) is 12.6. The zero-order valence-electron chi connectivity index (χ0n) is 14.4. The first-order valence-electron chi connectivity index (χ1n) is 8.13. The van der Waals surface area contributed by atoms with Crippen LogP contribution < -0.4 is 5.32 Å². The predicted molar refractivity (Wildman–Crippen MR) is 97.2 cm³/mol. The summed E-state index contributed by atoms with van der Waals surface area (Å²) in [5.41, 5.74) is 2.61. The van der Waals surface area contributed by atoms with E-state index in [0.717, 1.165) is 11.4 Å². The number of hydrogen-bond donors (Lipinski definition) is 1. The number of rotatable bonds is 4. The van der Waals surface area contributed by atoms with E-state index in [9.17, 15) is 4.79 Å². The molecule has 0 fully saturated rings. The van der Waals surface area contributed by atoms with Gasteiger partial charge in [-0.1, -0.05) is 18.2 Å². The van der Waals surface area contributed by atoms with Crippen LogP contribution in [0.3, 0.4) is 0 Å². The highest BCUT2D eigenvalue weighted by Crippen LogP contribution is 2.23. The fourth-order valence-corrected chi connectivity index (χ4v) is 2.76. The number of anilines is 1. The molecule has 26 heavy (non-hydrogen) atoms. The molecule has 0 aliphatic rings. The molecule has 4 rings (SSSR count). The number of carbonyl (C=O) groups excluding carboxylic acids is 1. The minimum absolute atomic E-state index is 0.276. The Morgan fingerprint density at radius 2 is 1.88 bits per heavy atom. The molecular formula is C19H17N5O2. The summed E-state index contributed by atoms with van der Waals surface area (Å²) in [4.78, 5) is 12.9. The van der Waals surface area contributed by atoms with Crippen LogP contribution in [0.15, 0.2) is 65.3 Å². The Hall–Kier alpha value is -3.61. The van der Waals surface area contributed by atoms with Crippen LogP contribution in [0, 0.1) is 6.92 Å². The summed E-state index contributed by atoms with van der Waals surface area (Å²) in [5.74, 6) is 0.945. The van der Waals surface area contributed by atoms with E-state index in [1.54, 1.807) is 34.8 Å². The van der Waals surface area contributed by atoms with Crippen LogP contribution in [-0.4, -0.2) is 25.5 Å². The molecule has 1 aromatic carbocycles. The molecule has 0 radical (unpaired) electrons. The number of amides is 1. The van der Waals surface area contributed by atoms with Crippen molar-refractivity contribution in [2.75, 3.05) is 5.32 Å². The Morgan fingerprint density at radius 1 is 1.08 bits per heavy atom. The molecule has 0 unspecified atom stereocenters. The molecule has 0 spiro atoms. The van der Waals surface area contributed by atoms with Crippen LogP contribution in [0.2, 0.25) is 0 Å². The molecule has 7 nitrogen and oxygen atoms in total. The molecule has 7 heteroatoms. The van der Waals surface area contributed by atoms with Gasteiger partial charge in [0.15, 0.2) is 5.76 Å². The van der Waals surface area contributed by atoms with E-state index < -0.39 is 0 Å². The Kier molecular flexibility index (Phi) is 3.89. The molecule has 3 aromatic heterocycles. The number of para-hydroxylation sites is 1. The van der Waals surface area contributed by atoms with Crippen LogP contribution >= 0.6 is 0 Å². The van der Waals surface area contributed by atoms with E-state index in [2.05, 4.69) is 15.5 Å². The molecule has 3 heterocycles. The van der Waals surface area contributed by atoms with Crippen molar-refractivity contribution in [1.29, 1.82) is 0 Å². The topological polar surface area (TPSA) is 77.9 Å². The second-order valence-electron chi connectivity index (χ2n) is 5.89. The number of aryl methyl sites for hydroxylation is 2. The highest BCUT2D eigenvalue weighted by Gasteiger charge is 2.19. The number of nitrogens with zero attached hydrogens (tertiary/aromatic N) is 4. The molecule has 1 N–H and O–H groups in total. The van der Waals surface area contributed by atoms with Gasteiger partial charge in [-0.15, -0.1) is 0 Å². The maximum atomic E-state index is 12.9. The normalized spacial score (nSPS) is 10.8. The van der Waals surface area contributed by atoms with Gasteiger partial charge in [0.1, 0.15) is 17.2 Å². The largest absolute Gasteiger partial charge is 0.463 e. The highest BCUT2D eigenvalue weighted by molar-refractivity contribution is 6.03. The molecule has 0 bridgehead atoms. The number of hydrogen-bond acceptors (Lipinski definition) is 4. The standard InChI is InChI=1S/C19H17N5O2/c1-13-11-18(23(2)21-13)20-19(25)16-12-15(17-9-6-10-26-17)22-24(16)14-7-4-3-5-8-14/h3-12H,1-2H3,(H,20,25).